The van der Waals surface area contributed by atoms with Gasteiger partial charge in [0.05, 0.1) is 11.4 Å². The summed E-state index contributed by atoms with van der Waals surface area (Å²) in [5, 5.41) is 0.672. The third kappa shape index (κ3) is 4.82. The highest BCUT2D eigenvalue weighted by molar-refractivity contribution is 7.99. The predicted octanol–water partition coefficient (Wildman–Crippen LogP) is 4.05. The molecule has 1 aliphatic rings. The second kappa shape index (κ2) is 8.00. The van der Waals surface area contributed by atoms with Gasteiger partial charge in [-0.25, -0.2) is 9.97 Å². The quantitative estimate of drug-likeness (QED) is 0.613. The van der Waals surface area contributed by atoms with E-state index in [1.807, 2.05) is 48.2 Å². The Bertz CT molecular complexity index is 725. The van der Waals surface area contributed by atoms with Gasteiger partial charge in [0.2, 0.25) is 5.91 Å². The minimum absolute atomic E-state index is 0.190. The van der Waals surface area contributed by atoms with Crippen LogP contribution < -0.4 is 0 Å². The average Bonchev–Trinajstić information content (AvgIpc) is 2.59. The molecule has 0 unspecified atom stereocenters. The zero-order chi connectivity index (χ0) is 17.8. The Morgan fingerprint density at radius 1 is 1.16 bits per heavy atom. The van der Waals surface area contributed by atoms with Gasteiger partial charge in [-0.05, 0) is 31.2 Å². The van der Waals surface area contributed by atoms with Crippen LogP contribution in [0.4, 0.5) is 0 Å². The maximum atomic E-state index is 12.6. The molecule has 132 valence electrons. The van der Waals surface area contributed by atoms with Crippen LogP contribution in [0.25, 0.3) is 11.3 Å². The number of thioether (sulfide) groups is 1. The monoisotopic (exact) mass is 355 g/mol. The molecule has 2 atom stereocenters. The fraction of sp³-hybridized carbons (Fsp3) is 0.450. The first kappa shape index (κ1) is 17.9. The standard InChI is InChI=1S/C20H25N3OS/c1-14-9-15(2)12-23(11-14)19(24)13-25-20-21-16(3)10-18(22-20)17-7-5-4-6-8-17/h4-8,10,14-15H,9,11-13H2,1-3H3/t14-,15-/m1/s1. The Labute approximate surface area is 154 Å². The highest BCUT2D eigenvalue weighted by atomic mass is 32.2. The second-order valence-electron chi connectivity index (χ2n) is 7.08. The van der Waals surface area contributed by atoms with Crippen molar-refractivity contribution in [1.82, 2.24) is 14.9 Å². The highest BCUT2D eigenvalue weighted by Crippen LogP contribution is 2.24. The van der Waals surface area contributed by atoms with E-state index < -0.39 is 0 Å². The van der Waals surface area contributed by atoms with Crippen molar-refractivity contribution < 1.29 is 4.79 Å². The Balaban J connectivity index is 1.67. The van der Waals surface area contributed by atoms with Crippen molar-refractivity contribution in [3.63, 3.8) is 0 Å². The van der Waals surface area contributed by atoms with E-state index in [-0.39, 0.29) is 5.91 Å². The van der Waals surface area contributed by atoms with Gasteiger partial charge >= 0.3 is 0 Å². The summed E-state index contributed by atoms with van der Waals surface area (Å²) in [4.78, 5) is 23.7. The largest absolute Gasteiger partial charge is 0.341 e. The molecule has 2 aromatic rings. The summed E-state index contributed by atoms with van der Waals surface area (Å²) in [5.74, 6) is 1.75. The van der Waals surface area contributed by atoms with Crippen molar-refractivity contribution in [2.24, 2.45) is 11.8 Å². The molecule has 2 heterocycles. The molecule has 0 saturated carbocycles. The van der Waals surface area contributed by atoms with Crippen LogP contribution in [0.15, 0.2) is 41.6 Å². The Morgan fingerprint density at radius 2 is 1.84 bits per heavy atom. The summed E-state index contributed by atoms with van der Waals surface area (Å²) < 4.78 is 0. The van der Waals surface area contributed by atoms with Gasteiger partial charge in [-0.3, -0.25) is 4.79 Å². The zero-order valence-electron chi connectivity index (χ0n) is 15.1. The molecule has 0 spiro atoms. The van der Waals surface area contributed by atoms with E-state index in [2.05, 4.69) is 23.8 Å². The smallest absolute Gasteiger partial charge is 0.233 e. The van der Waals surface area contributed by atoms with Gasteiger partial charge in [0.15, 0.2) is 5.16 Å². The van der Waals surface area contributed by atoms with E-state index in [0.29, 0.717) is 22.7 Å². The Morgan fingerprint density at radius 3 is 2.52 bits per heavy atom. The van der Waals surface area contributed by atoms with Crippen LogP contribution in [0.2, 0.25) is 0 Å². The summed E-state index contributed by atoms with van der Waals surface area (Å²) in [6, 6.07) is 12.1. The van der Waals surface area contributed by atoms with E-state index in [4.69, 9.17) is 0 Å². The molecule has 25 heavy (non-hydrogen) atoms. The van der Waals surface area contributed by atoms with Gasteiger partial charge in [0.1, 0.15) is 0 Å². The molecule has 1 aromatic carbocycles. The molecule has 1 amide bonds. The Kier molecular flexibility index (Phi) is 5.74. The minimum atomic E-state index is 0.190. The number of rotatable bonds is 4. The lowest BCUT2D eigenvalue weighted by molar-refractivity contribution is -0.130. The zero-order valence-corrected chi connectivity index (χ0v) is 15.9. The molecule has 0 bridgehead atoms. The number of hydrogen-bond acceptors (Lipinski definition) is 4. The number of piperidine rings is 1. The van der Waals surface area contributed by atoms with E-state index in [1.54, 1.807) is 0 Å². The van der Waals surface area contributed by atoms with E-state index >= 15 is 0 Å². The minimum Gasteiger partial charge on any atom is -0.341 e. The van der Waals surface area contributed by atoms with Gasteiger partial charge in [0, 0.05) is 24.3 Å². The van der Waals surface area contributed by atoms with E-state index in [0.717, 1.165) is 30.0 Å². The predicted molar refractivity (Wildman–Crippen MR) is 102 cm³/mol. The van der Waals surface area contributed by atoms with Crippen molar-refractivity contribution in [1.29, 1.82) is 0 Å². The average molecular weight is 356 g/mol. The molecular weight excluding hydrogens is 330 g/mol. The summed E-state index contributed by atoms with van der Waals surface area (Å²) in [6.45, 7) is 8.15. The maximum Gasteiger partial charge on any atom is 0.233 e. The van der Waals surface area contributed by atoms with Crippen molar-refractivity contribution in [2.45, 2.75) is 32.3 Å². The number of hydrogen-bond donors (Lipinski definition) is 0. The maximum absolute atomic E-state index is 12.6. The fourth-order valence-electron chi connectivity index (χ4n) is 3.45. The highest BCUT2D eigenvalue weighted by Gasteiger charge is 2.25. The molecule has 0 N–H and O–H groups in total. The lowest BCUT2D eigenvalue weighted by Crippen LogP contribution is -2.43. The van der Waals surface area contributed by atoms with Crippen molar-refractivity contribution >= 4 is 17.7 Å². The summed E-state index contributed by atoms with van der Waals surface area (Å²) in [6.07, 6.45) is 1.21. The van der Waals surface area contributed by atoms with E-state index in [1.165, 1.54) is 18.2 Å². The summed E-state index contributed by atoms with van der Waals surface area (Å²) in [7, 11) is 0. The molecule has 4 nitrogen and oxygen atoms in total. The fourth-order valence-corrected chi connectivity index (χ4v) is 4.25. The number of aromatic nitrogens is 2. The third-order valence-corrected chi connectivity index (χ3v) is 5.28. The SMILES string of the molecule is Cc1cc(-c2ccccc2)nc(SCC(=O)N2C[C@H](C)C[C@@H](C)C2)n1. The van der Waals surface area contributed by atoms with Crippen LogP contribution in [0, 0.1) is 18.8 Å². The van der Waals surface area contributed by atoms with Gasteiger partial charge < -0.3 is 4.90 Å². The van der Waals surface area contributed by atoms with Crippen molar-refractivity contribution in [2.75, 3.05) is 18.8 Å². The molecule has 1 saturated heterocycles. The molecule has 0 aliphatic carbocycles. The molecular formula is C20H25N3OS. The summed E-state index contributed by atoms with van der Waals surface area (Å²) in [5.41, 5.74) is 2.90. The van der Waals surface area contributed by atoms with Crippen molar-refractivity contribution in [3.05, 3.63) is 42.1 Å². The first-order valence-electron chi connectivity index (χ1n) is 8.83. The van der Waals surface area contributed by atoms with E-state index in [9.17, 15) is 4.79 Å². The molecule has 1 aliphatic heterocycles. The molecule has 1 aromatic heterocycles. The number of carbonyl (C=O) groups excluding carboxylic acids is 1. The second-order valence-corrected chi connectivity index (χ2v) is 8.02. The number of carbonyl (C=O) groups is 1. The van der Waals surface area contributed by atoms with Gasteiger partial charge in [-0.2, -0.15) is 0 Å². The molecule has 3 rings (SSSR count). The first-order chi connectivity index (χ1) is 12.0. The molecule has 5 heteroatoms. The van der Waals surface area contributed by atoms with Crippen LogP contribution in [0.5, 0.6) is 0 Å². The van der Waals surface area contributed by atoms with Crippen molar-refractivity contribution in [3.8, 4) is 11.3 Å². The first-order valence-corrected chi connectivity index (χ1v) is 9.81. The lowest BCUT2D eigenvalue weighted by Gasteiger charge is -2.34. The molecule has 0 radical (unpaired) electrons. The number of likely N-dealkylation sites (tertiary alicyclic amines) is 1. The number of amides is 1. The van der Waals surface area contributed by atoms with Crippen LogP contribution in [0.3, 0.4) is 0 Å². The Hall–Kier alpha value is -1.88. The number of benzene rings is 1. The van der Waals surface area contributed by atoms with Gasteiger partial charge in [0.25, 0.3) is 0 Å². The van der Waals surface area contributed by atoms with Crippen LogP contribution >= 0.6 is 11.8 Å². The van der Waals surface area contributed by atoms with Gasteiger partial charge in [-0.15, -0.1) is 0 Å². The third-order valence-electron chi connectivity index (χ3n) is 4.45. The molecule has 1 fully saturated rings. The normalized spacial score (nSPS) is 20.5. The summed E-state index contributed by atoms with van der Waals surface area (Å²) >= 11 is 1.43. The van der Waals surface area contributed by atoms with Crippen LogP contribution in [-0.2, 0) is 4.79 Å². The number of nitrogens with zero attached hydrogens (tertiary/aromatic N) is 3. The topological polar surface area (TPSA) is 46.1 Å². The van der Waals surface area contributed by atoms with Gasteiger partial charge in [-0.1, -0.05) is 55.9 Å². The van der Waals surface area contributed by atoms with Crippen LogP contribution in [-0.4, -0.2) is 39.6 Å². The number of aryl methyl sites for hydroxylation is 1. The lowest BCUT2D eigenvalue weighted by atomic mass is 9.92. The van der Waals surface area contributed by atoms with Crippen LogP contribution in [0.1, 0.15) is 26.0 Å².